The Hall–Kier alpha value is -1.55. The van der Waals surface area contributed by atoms with E-state index >= 15 is 0 Å². The Labute approximate surface area is 122 Å². The van der Waals surface area contributed by atoms with Crippen LogP contribution in [0.1, 0.15) is 17.5 Å². The monoisotopic (exact) mass is 346 g/mol. The first-order valence-electron chi connectivity index (χ1n) is 5.84. The predicted molar refractivity (Wildman–Crippen MR) is 70.4 cm³/mol. The quantitative estimate of drug-likeness (QED) is 0.771. The number of anilines is 1. The third-order valence-corrected chi connectivity index (χ3v) is 4.06. The summed E-state index contributed by atoms with van der Waals surface area (Å²) < 4.78 is 39.2. The van der Waals surface area contributed by atoms with Crippen LogP contribution in [-0.4, -0.2) is 17.8 Å². The highest BCUT2D eigenvalue weighted by molar-refractivity contribution is 9.09. The smallest absolute Gasteiger partial charge is 0.311 e. The van der Waals surface area contributed by atoms with E-state index in [2.05, 4.69) is 15.9 Å². The van der Waals surface area contributed by atoms with Crippen LogP contribution < -0.4 is 4.90 Å². The molecule has 0 radical (unpaired) electrons. The van der Waals surface area contributed by atoms with Gasteiger partial charge in [0, 0.05) is 18.3 Å². The molecule has 1 aromatic rings. The lowest BCUT2D eigenvalue weighted by atomic mass is 10.1. The van der Waals surface area contributed by atoms with Gasteiger partial charge >= 0.3 is 6.18 Å². The van der Waals surface area contributed by atoms with Crippen molar-refractivity contribution >= 4 is 27.5 Å². The van der Waals surface area contributed by atoms with Crippen LogP contribution in [0.15, 0.2) is 18.2 Å². The molecular weight excluding hydrogens is 337 g/mol. The van der Waals surface area contributed by atoms with Gasteiger partial charge in [0.05, 0.1) is 22.9 Å². The summed E-state index contributed by atoms with van der Waals surface area (Å²) in [6.07, 6.45) is -4.38. The molecule has 1 amide bonds. The van der Waals surface area contributed by atoms with Gasteiger partial charge in [0.2, 0.25) is 5.91 Å². The first kappa shape index (κ1) is 14.9. The third kappa shape index (κ3) is 2.80. The van der Waals surface area contributed by atoms with Crippen molar-refractivity contribution in [3.63, 3.8) is 0 Å². The van der Waals surface area contributed by atoms with Crippen molar-refractivity contribution in [3.8, 4) is 6.07 Å². The van der Waals surface area contributed by atoms with Gasteiger partial charge < -0.3 is 4.90 Å². The second kappa shape index (κ2) is 5.44. The molecule has 1 aliphatic rings. The summed E-state index contributed by atoms with van der Waals surface area (Å²) in [7, 11) is 0. The van der Waals surface area contributed by atoms with E-state index in [4.69, 9.17) is 5.26 Å². The second-order valence-electron chi connectivity index (χ2n) is 4.57. The van der Waals surface area contributed by atoms with Crippen LogP contribution in [0.5, 0.6) is 0 Å². The van der Waals surface area contributed by atoms with Crippen LogP contribution in [0.2, 0.25) is 0 Å². The average Bonchev–Trinajstić information content (AvgIpc) is 2.78. The van der Waals surface area contributed by atoms with Crippen LogP contribution in [0.25, 0.3) is 0 Å². The zero-order valence-electron chi connectivity index (χ0n) is 10.2. The summed E-state index contributed by atoms with van der Waals surface area (Å²) in [4.78, 5) is 13.0. The summed E-state index contributed by atoms with van der Waals surface area (Å²) in [6, 6.07) is 4.94. The van der Waals surface area contributed by atoms with Gasteiger partial charge in [0.1, 0.15) is 0 Å². The van der Waals surface area contributed by atoms with Gasteiger partial charge in [-0.05, 0) is 24.1 Å². The van der Waals surface area contributed by atoms with Gasteiger partial charge in [0.15, 0.2) is 0 Å². The number of benzene rings is 1. The molecule has 1 atom stereocenters. The van der Waals surface area contributed by atoms with Crippen molar-refractivity contribution in [2.75, 3.05) is 16.8 Å². The Morgan fingerprint density at radius 2 is 2.15 bits per heavy atom. The lowest BCUT2D eigenvalue weighted by molar-refractivity contribution is -0.137. The van der Waals surface area contributed by atoms with Gasteiger partial charge in [-0.2, -0.15) is 18.4 Å². The Bertz CT molecular complexity index is 580. The molecule has 0 aliphatic carbocycles. The highest BCUT2D eigenvalue weighted by atomic mass is 79.9. The largest absolute Gasteiger partial charge is 0.418 e. The number of alkyl halides is 4. The van der Waals surface area contributed by atoms with E-state index in [1.54, 1.807) is 6.07 Å². The van der Waals surface area contributed by atoms with E-state index in [1.165, 1.54) is 12.1 Å². The number of halogens is 4. The van der Waals surface area contributed by atoms with Crippen molar-refractivity contribution in [3.05, 3.63) is 29.3 Å². The Morgan fingerprint density at radius 1 is 1.45 bits per heavy atom. The standard InChI is InChI=1S/C13H10BrF3N2O/c14-5-9-4-12(20)19(7-9)11-2-1-8(6-18)3-10(11)13(15,16)17/h1-3,9H,4-5,7H2. The van der Waals surface area contributed by atoms with Crippen LogP contribution in [0, 0.1) is 17.2 Å². The van der Waals surface area contributed by atoms with Crippen LogP contribution in [0.3, 0.4) is 0 Å². The Kier molecular flexibility index (Phi) is 4.04. The second-order valence-corrected chi connectivity index (χ2v) is 5.22. The molecule has 1 heterocycles. The number of rotatable bonds is 2. The third-order valence-electron chi connectivity index (χ3n) is 3.15. The minimum absolute atomic E-state index is 0.000716. The SMILES string of the molecule is N#Cc1ccc(N2CC(CBr)CC2=O)c(C(F)(F)F)c1. The fraction of sp³-hybridized carbons (Fsp3) is 0.385. The maximum absolute atomic E-state index is 13.1. The number of carbonyl (C=O) groups excluding carboxylic acids is 1. The summed E-state index contributed by atoms with van der Waals surface area (Å²) in [5.74, 6) is -0.330. The van der Waals surface area contributed by atoms with Gasteiger partial charge in [-0.15, -0.1) is 0 Å². The molecule has 3 nitrogen and oxygen atoms in total. The van der Waals surface area contributed by atoms with E-state index in [1.807, 2.05) is 0 Å². The van der Waals surface area contributed by atoms with Crippen LogP contribution >= 0.6 is 15.9 Å². The number of nitriles is 1. The first-order chi connectivity index (χ1) is 9.36. The maximum atomic E-state index is 13.1. The van der Waals surface area contributed by atoms with Gasteiger partial charge in [0.25, 0.3) is 0 Å². The Balaban J connectivity index is 2.47. The van der Waals surface area contributed by atoms with E-state index < -0.39 is 11.7 Å². The molecule has 106 valence electrons. The normalized spacial score (nSPS) is 19.2. The van der Waals surface area contributed by atoms with Crippen LogP contribution in [-0.2, 0) is 11.0 Å². The summed E-state index contributed by atoms with van der Waals surface area (Å²) >= 11 is 3.24. The fourth-order valence-corrected chi connectivity index (χ4v) is 2.62. The minimum atomic E-state index is -4.60. The molecule has 7 heteroatoms. The molecular formula is C13H10BrF3N2O. The molecule has 0 N–H and O–H groups in total. The van der Waals surface area contributed by atoms with E-state index in [0.717, 1.165) is 11.0 Å². The molecule has 1 fully saturated rings. The number of carbonyl (C=O) groups is 1. The molecule has 1 aromatic carbocycles. The molecule has 0 spiro atoms. The zero-order valence-corrected chi connectivity index (χ0v) is 11.8. The van der Waals surface area contributed by atoms with E-state index in [9.17, 15) is 18.0 Å². The molecule has 0 aromatic heterocycles. The van der Waals surface area contributed by atoms with Gasteiger partial charge in [-0.25, -0.2) is 0 Å². The molecule has 1 unspecified atom stereocenters. The molecule has 0 bridgehead atoms. The average molecular weight is 347 g/mol. The number of hydrogen-bond acceptors (Lipinski definition) is 2. The van der Waals surface area contributed by atoms with Crippen molar-refractivity contribution < 1.29 is 18.0 Å². The van der Waals surface area contributed by atoms with Crippen molar-refractivity contribution in [2.24, 2.45) is 5.92 Å². The minimum Gasteiger partial charge on any atom is -0.311 e. The van der Waals surface area contributed by atoms with Crippen molar-refractivity contribution in [1.29, 1.82) is 5.26 Å². The highest BCUT2D eigenvalue weighted by Crippen LogP contribution is 2.39. The van der Waals surface area contributed by atoms with Crippen molar-refractivity contribution in [2.45, 2.75) is 12.6 Å². The predicted octanol–water partition coefficient (Wildman–Crippen LogP) is 3.32. The van der Waals surface area contributed by atoms with Crippen LogP contribution in [0.4, 0.5) is 18.9 Å². The molecule has 2 rings (SSSR count). The summed E-state index contributed by atoms with van der Waals surface area (Å²) in [5, 5.41) is 9.27. The summed E-state index contributed by atoms with van der Waals surface area (Å²) in [6.45, 7) is 0.249. The zero-order chi connectivity index (χ0) is 14.9. The highest BCUT2D eigenvalue weighted by Gasteiger charge is 2.39. The van der Waals surface area contributed by atoms with E-state index in [-0.39, 0.29) is 36.0 Å². The molecule has 1 aliphatic heterocycles. The topological polar surface area (TPSA) is 44.1 Å². The van der Waals surface area contributed by atoms with Gasteiger partial charge in [-0.1, -0.05) is 15.9 Å². The number of nitrogens with zero attached hydrogens (tertiary/aromatic N) is 2. The van der Waals surface area contributed by atoms with E-state index in [0.29, 0.717) is 5.33 Å². The molecule has 1 saturated heterocycles. The number of amides is 1. The van der Waals surface area contributed by atoms with Crippen molar-refractivity contribution in [1.82, 2.24) is 0 Å². The maximum Gasteiger partial charge on any atom is 0.418 e. The lowest BCUT2D eigenvalue weighted by Gasteiger charge is -2.21. The fourth-order valence-electron chi connectivity index (χ4n) is 2.19. The first-order valence-corrected chi connectivity index (χ1v) is 6.96. The number of hydrogen-bond donors (Lipinski definition) is 0. The molecule has 0 saturated carbocycles. The van der Waals surface area contributed by atoms with Gasteiger partial charge in [-0.3, -0.25) is 4.79 Å². The lowest BCUT2D eigenvalue weighted by Crippen LogP contribution is -2.27. The molecule has 20 heavy (non-hydrogen) atoms. The summed E-state index contributed by atoms with van der Waals surface area (Å²) in [5.41, 5.74) is -1.20. The Morgan fingerprint density at radius 3 is 2.65 bits per heavy atom.